The predicted octanol–water partition coefficient (Wildman–Crippen LogP) is -0.0757. The normalized spacial score (nSPS) is 24.0. The highest BCUT2D eigenvalue weighted by Crippen LogP contribution is 2.37. The highest BCUT2D eigenvalue weighted by atomic mass is 16.5. The number of primary amides is 1. The molecular weight excluding hydrogens is 330 g/mol. The smallest absolute Gasteiger partial charge is 0.326 e. The van der Waals surface area contributed by atoms with Gasteiger partial charge in [0.1, 0.15) is 6.54 Å². The number of fused-ring (bicyclic) bond motifs is 1. The highest BCUT2D eigenvalue weighted by molar-refractivity contribution is 6.07. The van der Waals surface area contributed by atoms with E-state index < -0.39 is 36.5 Å². The number of amides is 5. The van der Waals surface area contributed by atoms with Gasteiger partial charge in [-0.25, -0.2) is 4.79 Å². The quantitative estimate of drug-likeness (QED) is 0.524. The lowest BCUT2D eigenvalue weighted by Gasteiger charge is -2.21. The van der Waals surface area contributed by atoms with Crippen LogP contribution in [0.4, 0.5) is 4.79 Å². The van der Waals surface area contributed by atoms with Gasteiger partial charge in [0.2, 0.25) is 11.8 Å². The van der Waals surface area contributed by atoms with E-state index in [1.54, 1.807) is 13.8 Å². The number of imide groups is 2. The van der Waals surface area contributed by atoms with E-state index >= 15 is 0 Å². The Morgan fingerprint density at radius 2 is 1.68 bits per heavy atom. The molecule has 0 aromatic heterocycles. The molecule has 0 radical (unpaired) electrons. The number of rotatable bonds is 5. The molecule has 0 bridgehead atoms. The van der Waals surface area contributed by atoms with Crippen LogP contribution in [0.3, 0.4) is 0 Å². The highest BCUT2D eigenvalue weighted by Gasteiger charge is 2.48. The molecule has 1 aliphatic carbocycles. The molecular formula is C16H23N3O6. The molecule has 0 aromatic rings. The summed E-state index contributed by atoms with van der Waals surface area (Å²) in [6.45, 7) is 2.72. The molecule has 2 fully saturated rings. The van der Waals surface area contributed by atoms with E-state index in [0.717, 1.165) is 17.7 Å². The average Bonchev–Trinajstić information content (AvgIpc) is 2.77. The van der Waals surface area contributed by atoms with Crippen LogP contribution in [-0.2, 0) is 23.9 Å². The van der Waals surface area contributed by atoms with Gasteiger partial charge in [-0.05, 0) is 18.8 Å². The van der Waals surface area contributed by atoms with Gasteiger partial charge in [0, 0.05) is 0 Å². The lowest BCUT2D eigenvalue weighted by atomic mass is 9.81. The Morgan fingerprint density at radius 3 is 2.12 bits per heavy atom. The Morgan fingerprint density at radius 1 is 1.16 bits per heavy atom. The molecule has 0 aromatic carbocycles. The van der Waals surface area contributed by atoms with Crippen LogP contribution in [0, 0.1) is 17.8 Å². The van der Waals surface area contributed by atoms with Crippen LogP contribution in [0.2, 0.25) is 0 Å². The zero-order chi connectivity index (χ0) is 18.7. The Balaban J connectivity index is 2.00. The number of carbonyl (C=O) groups excluding carboxylic acids is 5. The third kappa shape index (κ3) is 4.15. The number of hydrogen-bond acceptors (Lipinski definition) is 6. The second-order valence-electron chi connectivity index (χ2n) is 6.77. The number of carbonyl (C=O) groups is 5. The Labute approximate surface area is 145 Å². The monoisotopic (exact) mass is 353 g/mol. The van der Waals surface area contributed by atoms with Crippen molar-refractivity contribution in [2.75, 3.05) is 6.54 Å². The maximum Gasteiger partial charge on any atom is 0.326 e. The first-order valence-corrected chi connectivity index (χ1v) is 8.37. The van der Waals surface area contributed by atoms with E-state index in [0.29, 0.717) is 12.8 Å². The van der Waals surface area contributed by atoms with Gasteiger partial charge in [0.05, 0.1) is 11.8 Å². The molecule has 9 nitrogen and oxygen atoms in total. The van der Waals surface area contributed by atoms with Crippen LogP contribution in [0.5, 0.6) is 0 Å². The number of nitrogens with zero attached hydrogens (tertiary/aromatic N) is 1. The zero-order valence-corrected chi connectivity index (χ0v) is 14.3. The standard InChI is InChI=1S/C16H23N3O6/c1-8(2)12(13(21)18-16(17)24)25-11(20)7-19-14(22)9-5-3-4-6-10(9)15(19)23/h8-10,12H,3-7H2,1-2H3,(H3,17,18,21,24)/t9-,10-,12-/m0/s1. The topological polar surface area (TPSA) is 136 Å². The fraction of sp³-hybridized carbons (Fsp3) is 0.688. The summed E-state index contributed by atoms with van der Waals surface area (Å²) in [6.07, 6.45) is 1.84. The van der Waals surface area contributed by atoms with Crippen molar-refractivity contribution < 1.29 is 28.7 Å². The van der Waals surface area contributed by atoms with Crippen LogP contribution in [0.1, 0.15) is 39.5 Å². The molecule has 1 saturated carbocycles. The summed E-state index contributed by atoms with van der Waals surface area (Å²) in [4.78, 5) is 60.4. The first-order chi connectivity index (χ1) is 11.7. The van der Waals surface area contributed by atoms with Crippen molar-refractivity contribution in [3.8, 4) is 0 Å². The van der Waals surface area contributed by atoms with Crippen LogP contribution < -0.4 is 11.1 Å². The number of ether oxygens (including phenoxy) is 1. The number of nitrogens with one attached hydrogen (secondary N) is 1. The predicted molar refractivity (Wildman–Crippen MR) is 84.6 cm³/mol. The van der Waals surface area contributed by atoms with E-state index in [1.807, 2.05) is 5.32 Å². The summed E-state index contributed by atoms with van der Waals surface area (Å²) in [5.41, 5.74) is 4.89. The second-order valence-corrected chi connectivity index (χ2v) is 6.77. The Kier molecular flexibility index (Phi) is 5.76. The van der Waals surface area contributed by atoms with Crippen molar-refractivity contribution >= 4 is 29.7 Å². The van der Waals surface area contributed by atoms with Gasteiger partial charge in [-0.15, -0.1) is 0 Å². The molecule has 1 aliphatic heterocycles. The molecule has 25 heavy (non-hydrogen) atoms. The van der Waals surface area contributed by atoms with Crippen LogP contribution in [0.25, 0.3) is 0 Å². The number of esters is 1. The summed E-state index contributed by atoms with van der Waals surface area (Å²) < 4.78 is 5.08. The van der Waals surface area contributed by atoms with Gasteiger partial charge in [-0.3, -0.25) is 29.4 Å². The van der Waals surface area contributed by atoms with Crippen molar-refractivity contribution in [1.82, 2.24) is 10.2 Å². The molecule has 138 valence electrons. The third-order valence-corrected chi connectivity index (χ3v) is 4.59. The fourth-order valence-electron chi connectivity index (χ4n) is 3.38. The first-order valence-electron chi connectivity index (χ1n) is 8.37. The number of hydrogen-bond donors (Lipinski definition) is 2. The first kappa shape index (κ1) is 18.9. The lowest BCUT2D eigenvalue weighted by Crippen LogP contribution is -2.47. The van der Waals surface area contributed by atoms with Gasteiger partial charge in [0.25, 0.3) is 5.91 Å². The van der Waals surface area contributed by atoms with E-state index in [-0.39, 0.29) is 23.7 Å². The summed E-state index contributed by atoms with van der Waals surface area (Å²) in [5.74, 6) is -3.55. The Hall–Kier alpha value is -2.45. The summed E-state index contributed by atoms with van der Waals surface area (Å²) >= 11 is 0. The van der Waals surface area contributed by atoms with E-state index in [1.165, 1.54) is 0 Å². The van der Waals surface area contributed by atoms with Gasteiger partial charge in [-0.2, -0.15) is 0 Å². The SMILES string of the molecule is CC(C)[C@H](OC(=O)CN1C(=O)[C@H]2CCCC[C@@H]2C1=O)C(=O)NC(N)=O. The minimum atomic E-state index is -1.24. The maximum absolute atomic E-state index is 12.3. The molecule has 3 atom stereocenters. The van der Waals surface area contributed by atoms with Crippen molar-refractivity contribution in [3.05, 3.63) is 0 Å². The van der Waals surface area contributed by atoms with E-state index in [2.05, 4.69) is 0 Å². The minimum absolute atomic E-state index is 0.352. The lowest BCUT2D eigenvalue weighted by molar-refractivity contribution is -0.162. The van der Waals surface area contributed by atoms with Crippen molar-refractivity contribution in [3.63, 3.8) is 0 Å². The van der Waals surface area contributed by atoms with Crippen molar-refractivity contribution in [1.29, 1.82) is 0 Å². The molecule has 1 heterocycles. The van der Waals surface area contributed by atoms with Crippen LogP contribution in [0.15, 0.2) is 0 Å². The minimum Gasteiger partial charge on any atom is -0.451 e. The molecule has 0 spiro atoms. The zero-order valence-electron chi connectivity index (χ0n) is 14.3. The number of nitrogens with two attached hydrogens (primary N) is 1. The summed E-state index contributed by atoms with van der Waals surface area (Å²) in [5, 5.41) is 1.86. The Bertz CT molecular complexity index is 579. The van der Waals surface area contributed by atoms with E-state index in [9.17, 15) is 24.0 Å². The van der Waals surface area contributed by atoms with Crippen LogP contribution in [-0.4, -0.2) is 47.3 Å². The van der Waals surface area contributed by atoms with Crippen LogP contribution >= 0.6 is 0 Å². The van der Waals surface area contributed by atoms with Gasteiger partial charge >= 0.3 is 12.0 Å². The molecule has 3 N–H and O–H groups in total. The summed E-state index contributed by atoms with van der Waals surface area (Å²) in [6, 6.07) is -1.05. The molecule has 2 rings (SSSR count). The number of likely N-dealkylation sites (tertiary alicyclic amines) is 1. The van der Waals surface area contributed by atoms with Crippen molar-refractivity contribution in [2.24, 2.45) is 23.5 Å². The van der Waals surface area contributed by atoms with Gasteiger partial charge in [0.15, 0.2) is 6.10 Å². The van der Waals surface area contributed by atoms with Gasteiger partial charge in [-0.1, -0.05) is 26.7 Å². The molecule has 2 aliphatic rings. The van der Waals surface area contributed by atoms with Gasteiger partial charge < -0.3 is 10.5 Å². The number of urea groups is 1. The molecule has 0 unspecified atom stereocenters. The average molecular weight is 353 g/mol. The molecule has 9 heteroatoms. The maximum atomic E-state index is 12.3. The second kappa shape index (κ2) is 7.62. The third-order valence-electron chi connectivity index (χ3n) is 4.59. The fourth-order valence-corrected chi connectivity index (χ4v) is 3.38. The summed E-state index contributed by atoms with van der Waals surface area (Å²) in [7, 11) is 0. The molecule has 1 saturated heterocycles. The van der Waals surface area contributed by atoms with E-state index in [4.69, 9.17) is 10.5 Å². The van der Waals surface area contributed by atoms with Crippen molar-refractivity contribution in [2.45, 2.75) is 45.6 Å². The molecule has 5 amide bonds. The largest absolute Gasteiger partial charge is 0.451 e.